The number of hydrogen-bond donors (Lipinski definition) is 3. The van der Waals surface area contributed by atoms with Gasteiger partial charge >= 0.3 is 6.01 Å². The normalized spacial score (nSPS) is 10.0. The van der Waals surface area contributed by atoms with E-state index in [4.69, 9.17) is 4.74 Å². The van der Waals surface area contributed by atoms with Crippen LogP contribution in [0.1, 0.15) is 10.4 Å². The Bertz CT molecular complexity index is 658. The molecule has 0 atom stereocenters. The third-order valence-electron chi connectivity index (χ3n) is 2.40. The van der Waals surface area contributed by atoms with Gasteiger partial charge in [0.1, 0.15) is 5.82 Å². The van der Waals surface area contributed by atoms with E-state index in [1.807, 2.05) is 0 Å². The second kappa shape index (κ2) is 6.46. The largest absolute Gasteiger partial charge is 0.466 e. The van der Waals surface area contributed by atoms with Gasteiger partial charge in [0, 0.05) is 5.56 Å². The van der Waals surface area contributed by atoms with Gasteiger partial charge in [0.05, 0.1) is 13.7 Å². The van der Waals surface area contributed by atoms with Gasteiger partial charge in [-0.15, -0.1) is 5.10 Å². The van der Waals surface area contributed by atoms with Crippen LogP contribution in [0.4, 0.5) is 10.3 Å². The van der Waals surface area contributed by atoms with Crippen molar-refractivity contribution in [1.29, 1.82) is 0 Å². The van der Waals surface area contributed by atoms with Crippen molar-refractivity contribution < 1.29 is 18.7 Å². The molecule has 0 bridgehead atoms. The number of carbonyl (C=O) groups excluding carboxylic acids is 2. The van der Waals surface area contributed by atoms with Gasteiger partial charge in [-0.05, 0) is 18.2 Å². The van der Waals surface area contributed by atoms with Crippen LogP contribution >= 0.6 is 0 Å². The van der Waals surface area contributed by atoms with Crippen molar-refractivity contribution in [2.45, 2.75) is 0 Å². The molecule has 3 N–H and O–H groups in total. The maximum absolute atomic E-state index is 13.0. The van der Waals surface area contributed by atoms with Crippen molar-refractivity contribution in [2.75, 3.05) is 19.0 Å². The van der Waals surface area contributed by atoms with Crippen LogP contribution in [0.15, 0.2) is 24.3 Å². The fourth-order valence-electron chi connectivity index (χ4n) is 1.46. The highest BCUT2D eigenvalue weighted by Crippen LogP contribution is 2.04. The van der Waals surface area contributed by atoms with E-state index in [2.05, 4.69) is 25.8 Å². The minimum absolute atomic E-state index is 0.0779. The van der Waals surface area contributed by atoms with Crippen LogP contribution in [0.3, 0.4) is 0 Å². The first-order valence-electron chi connectivity index (χ1n) is 5.88. The number of H-pyrrole nitrogens is 1. The molecule has 2 aromatic rings. The molecule has 1 heterocycles. The van der Waals surface area contributed by atoms with Crippen molar-refractivity contribution in [3.8, 4) is 6.01 Å². The number of aromatic amines is 1. The average molecular weight is 293 g/mol. The average Bonchev–Trinajstić information content (AvgIpc) is 2.92. The Hall–Kier alpha value is -2.97. The number of amides is 2. The maximum Gasteiger partial charge on any atom is 0.336 e. The summed E-state index contributed by atoms with van der Waals surface area (Å²) in [6.45, 7) is -0.293. The van der Waals surface area contributed by atoms with Crippen LogP contribution in [-0.4, -0.2) is 40.7 Å². The van der Waals surface area contributed by atoms with Gasteiger partial charge in [0.25, 0.3) is 5.91 Å². The standard InChI is InChI=1S/C12H12FN5O3/c1-21-12-16-11(17-18-12)15-9(19)6-14-10(20)7-3-2-4-8(13)5-7/h2-5H,6H2,1H3,(H,14,20)(H2,15,16,17,18,19). The zero-order valence-corrected chi connectivity index (χ0v) is 11.0. The molecule has 0 saturated carbocycles. The third kappa shape index (κ3) is 4.00. The van der Waals surface area contributed by atoms with Gasteiger partial charge in [0.2, 0.25) is 11.9 Å². The minimum Gasteiger partial charge on any atom is -0.466 e. The van der Waals surface area contributed by atoms with E-state index in [1.54, 1.807) is 0 Å². The van der Waals surface area contributed by atoms with Gasteiger partial charge in [-0.25, -0.2) is 9.49 Å². The topological polar surface area (TPSA) is 109 Å². The van der Waals surface area contributed by atoms with Crippen molar-refractivity contribution >= 4 is 17.8 Å². The van der Waals surface area contributed by atoms with Crippen LogP contribution in [0, 0.1) is 5.82 Å². The van der Waals surface area contributed by atoms with Crippen LogP contribution in [-0.2, 0) is 4.79 Å². The summed E-state index contributed by atoms with van der Waals surface area (Å²) >= 11 is 0. The summed E-state index contributed by atoms with van der Waals surface area (Å²) in [5.41, 5.74) is 0.129. The molecule has 0 saturated heterocycles. The van der Waals surface area contributed by atoms with Crippen LogP contribution < -0.4 is 15.4 Å². The minimum atomic E-state index is -0.556. The fraction of sp³-hybridized carbons (Fsp3) is 0.167. The summed E-state index contributed by atoms with van der Waals surface area (Å²) < 4.78 is 17.7. The van der Waals surface area contributed by atoms with Crippen molar-refractivity contribution in [3.63, 3.8) is 0 Å². The summed E-state index contributed by atoms with van der Waals surface area (Å²) in [5, 5.41) is 10.8. The lowest BCUT2D eigenvalue weighted by Crippen LogP contribution is -2.33. The molecule has 8 nitrogen and oxygen atoms in total. The number of nitrogens with one attached hydrogen (secondary N) is 3. The smallest absolute Gasteiger partial charge is 0.336 e. The number of anilines is 1. The van der Waals surface area contributed by atoms with E-state index in [9.17, 15) is 14.0 Å². The summed E-state index contributed by atoms with van der Waals surface area (Å²) in [6.07, 6.45) is 0. The number of hydrogen-bond acceptors (Lipinski definition) is 5. The van der Waals surface area contributed by atoms with Gasteiger partial charge in [-0.3, -0.25) is 14.9 Å². The monoisotopic (exact) mass is 293 g/mol. The lowest BCUT2D eigenvalue weighted by atomic mass is 10.2. The summed E-state index contributed by atoms with van der Waals surface area (Å²) in [7, 11) is 1.38. The molecule has 0 unspecified atom stereocenters. The molecule has 1 aromatic heterocycles. The van der Waals surface area contributed by atoms with E-state index in [0.29, 0.717) is 0 Å². The molecule has 2 rings (SSSR count). The highest BCUT2D eigenvalue weighted by Gasteiger charge is 2.10. The second-order valence-electron chi connectivity index (χ2n) is 3.91. The number of rotatable bonds is 5. The Kier molecular flexibility index (Phi) is 4.44. The number of nitrogens with zero attached hydrogens (tertiary/aromatic N) is 2. The van der Waals surface area contributed by atoms with E-state index >= 15 is 0 Å². The van der Waals surface area contributed by atoms with Crippen molar-refractivity contribution in [2.24, 2.45) is 0 Å². The Balaban J connectivity index is 1.85. The molecular weight excluding hydrogens is 281 g/mol. The number of carbonyl (C=O) groups is 2. The SMILES string of the molecule is COc1n[nH]c(NC(=O)CNC(=O)c2cccc(F)c2)n1. The lowest BCUT2D eigenvalue weighted by Gasteiger charge is -2.05. The third-order valence-corrected chi connectivity index (χ3v) is 2.40. The van der Waals surface area contributed by atoms with E-state index in [0.717, 1.165) is 6.07 Å². The summed E-state index contributed by atoms with van der Waals surface area (Å²) in [6, 6.07) is 5.23. The zero-order valence-electron chi connectivity index (χ0n) is 11.0. The number of aromatic nitrogens is 3. The number of halogens is 1. The molecule has 0 fully saturated rings. The molecule has 0 aliphatic carbocycles. The number of methoxy groups -OCH3 is 1. The first-order chi connectivity index (χ1) is 10.1. The van der Waals surface area contributed by atoms with E-state index in [1.165, 1.54) is 25.3 Å². The van der Waals surface area contributed by atoms with Crippen LogP contribution in [0.5, 0.6) is 6.01 Å². The Morgan fingerprint density at radius 1 is 1.43 bits per heavy atom. The van der Waals surface area contributed by atoms with Crippen LogP contribution in [0.2, 0.25) is 0 Å². The first-order valence-corrected chi connectivity index (χ1v) is 5.88. The van der Waals surface area contributed by atoms with Gasteiger partial charge < -0.3 is 10.1 Å². The van der Waals surface area contributed by atoms with Crippen LogP contribution in [0.25, 0.3) is 0 Å². The van der Waals surface area contributed by atoms with Gasteiger partial charge in [-0.1, -0.05) is 6.07 Å². The molecule has 2 amide bonds. The molecule has 110 valence electrons. The Morgan fingerprint density at radius 2 is 2.24 bits per heavy atom. The molecule has 21 heavy (non-hydrogen) atoms. The van der Waals surface area contributed by atoms with E-state index in [-0.39, 0.29) is 24.1 Å². The van der Waals surface area contributed by atoms with Crippen molar-refractivity contribution in [3.05, 3.63) is 35.6 Å². The molecule has 1 aromatic carbocycles. The Morgan fingerprint density at radius 3 is 2.90 bits per heavy atom. The second-order valence-corrected chi connectivity index (χ2v) is 3.91. The predicted octanol–water partition coefficient (Wildman–Crippen LogP) is 0.321. The number of ether oxygens (including phenoxy) is 1. The zero-order chi connectivity index (χ0) is 15.2. The van der Waals surface area contributed by atoms with Crippen molar-refractivity contribution in [1.82, 2.24) is 20.5 Å². The quantitative estimate of drug-likeness (QED) is 0.735. The fourth-order valence-corrected chi connectivity index (χ4v) is 1.46. The molecular formula is C12H12FN5O3. The maximum atomic E-state index is 13.0. The van der Waals surface area contributed by atoms with E-state index < -0.39 is 17.6 Å². The highest BCUT2D eigenvalue weighted by atomic mass is 19.1. The molecule has 0 spiro atoms. The molecule has 0 aliphatic heterocycles. The molecule has 0 radical (unpaired) electrons. The molecule has 9 heteroatoms. The van der Waals surface area contributed by atoms with Gasteiger partial charge in [0.15, 0.2) is 0 Å². The lowest BCUT2D eigenvalue weighted by molar-refractivity contribution is -0.115. The Labute approximate surface area is 118 Å². The van der Waals surface area contributed by atoms with Gasteiger partial charge in [-0.2, -0.15) is 4.98 Å². The highest BCUT2D eigenvalue weighted by molar-refractivity contribution is 5.98. The summed E-state index contributed by atoms with van der Waals surface area (Å²) in [4.78, 5) is 27.1. The number of benzene rings is 1. The molecule has 0 aliphatic rings. The summed E-state index contributed by atoms with van der Waals surface area (Å²) in [5.74, 6) is -1.50. The first kappa shape index (κ1) is 14.4. The predicted molar refractivity (Wildman–Crippen MR) is 70.3 cm³/mol.